The number of benzene rings is 1. The van der Waals surface area contributed by atoms with Crippen molar-refractivity contribution in [2.45, 2.75) is 44.9 Å². The molecule has 1 aromatic rings. The van der Waals surface area contributed by atoms with Crippen LogP contribution in [0, 0.1) is 0 Å². The van der Waals surface area contributed by atoms with Gasteiger partial charge in [-0.05, 0) is 32.9 Å². The second-order valence-electron chi connectivity index (χ2n) is 6.66. The highest BCUT2D eigenvalue weighted by atomic mass is 16.6. The second kappa shape index (κ2) is 7.00. The van der Waals surface area contributed by atoms with Crippen LogP contribution in [-0.2, 0) is 14.3 Å². The Morgan fingerprint density at radius 2 is 1.91 bits per heavy atom. The van der Waals surface area contributed by atoms with Crippen LogP contribution in [0.1, 0.15) is 27.2 Å². The van der Waals surface area contributed by atoms with Gasteiger partial charge in [0.1, 0.15) is 23.5 Å². The Hall–Kier alpha value is -2.08. The molecule has 0 amide bonds. The second-order valence-corrected chi connectivity index (χ2v) is 6.66. The summed E-state index contributed by atoms with van der Waals surface area (Å²) in [5.74, 6) is -0.683. The average Bonchev–Trinajstić information content (AvgIpc) is 2.80. The minimum Gasteiger partial charge on any atom is -0.489 e. The Bertz CT molecular complexity index is 552. The number of rotatable bonds is 5. The van der Waals surface area contributed by atoms with Crippen molar-refractivity contribution >= 4 is 11.9 Å². The Balaban J connectivity index is 1.98. The molecule has 2 rings (SSSR count). The van der Waals surface area contributed by atoms with Crippen molar-refractivity contribution in [3.05, 3.63) is 30.3 Å². The van der Waals surface area contributed by atoms with Gasteiger partial charge in [0.15, 0.2) is 0 Å². The summed E-state index contributed by atoms with van der Waals surface area (Å²) < 4.78 is 11.1. The first kappa shape index (κ1) is 17.3. The number of carboxylic acids is 1. The van der Waals surface area contributed by atoms with Gasteiger partial charge in [0.05, 0.1) is 6.54 Å². The summed E-state index contributed by atoms with van der Waals surface area (Å²) in [6.07, 6.45) is 0.0773. The van der Waals surface area contributed by atoms with E-state index in [1.807, 2.05) is 30.3 Å². The molecule has 0 saturated carbocycles. The van der Waals surface area contributed by atoms with Gasteiger partial charge in [-0.15, -0.1) is 0 Å². The Morgan fingerprint density at radius 1 is 1.26 bits per heavy atom. The number of nitrogens with zero attached hydrogens (tertiary/aromatic N) is 1. The van der Waals surface area contributed by atoms with Crippen LogP contribution in [0.2, 0.25) is 0 Å². The molecule has 1 aliphatic rings. The predicted octanol–water partition coefficient (Wildman–Crippen LogP) is 1.93. The van der Waals surface area contributed by atoms with Gasteiger partial charge in [-0.3, -0.25) is 14.5 Å². The number of carboxylic acid groups (broad SMARTS) is 1. The van der Waals surface area contributed by atoms with Crippen molar-refractivity contribution in [1.82, 2.24) is 4.90 Å². The van der Waals surface area contributed by atoms with E-state index in [9.17, 15) is 14.7 Å². The summed E-state index contributed by atoms with van der Waals surface area (Å²) in [4.78, 5) is 25.0. The van der Waals surface area contributed by atoms with Crippen LogP contribution in [0.4, 0.5) is 0 Å². The third-order valence-electron chi connectivity index (χ3n) is 3.45. The van der Waals surface area contributed by atoms with Crippen molar-refractivity contribution in [3.63, 3.8) is 0 Å². The summed E-state index contributed by atoms with van der Waals surface area (Å²) in [5.41, 5.74) is -0.588. The number of likely N-dealkylation sites (tertiary alicyclic amines) is 1. The summed E-state index contributed by atoms with van der Waals surface area (Å²) in [6, 6.07) is 8.51. The van der Waals surface area contributed by atoms with Gasteiger partial charge in [0.2, 0.25) is 0 Å². The lowest BCUT2D eigenvalue weighted by atomic mass is 10.2. The first-order valence-electron chi connectivity index (χ1n) is 7.65. The van der Waals surface area contributed by atoms with E-state index < -0.39 is 23.6 Å². The number of hydrogen-bond donors (Lipinski definition) is 1. The van der Waals surface area contributed by atoms with Crippen LogP contribution < -0.4 is 4.74 Å². The third-order valence-corrected chi connectivity index (χ3v) is 3.45. The van der Waals surface area contributed by atoms with E-state index in [-0.39, 0.29) is 12.6 Å². The molecule has 2 atom stereocenters. The summed E-state index contributed by atoms with van der Waals surface area (Å²) in [6.45, 7) is 5.68. The van der Waals surface area contributed by atoms with Crippen molar-refractivity contribution < 1.29 is 24.2 Å². The molecule has 1 heterocycles. The van der Waals surface area contributed by atoms with E-state index >= 15 is 0 Å². The molecule has 6 heteroatoms. The molecule has 6 nitrogen and oxygen atoms in total. The lowest BCUT2D eigenvalue weighted by molar-refractivity contribution is -0.157. The monoisotopic (exact) mass is 321 g/mol. The van der Waals surface area contributed by atoms with Crippen LogP contribution in [0.15, 0.2) is 30.3 Å². The summed E-state index contributed by atoms with van der Waals surface area (Å²) in [5, 5.41) is 9.36. The highest BCUT2D eigenvalue weighted by Gasteiger charge is 2.39. The molecule has 126 valence electrons. The molecule has 0 unspecified atom stereocenters. The molecule has 1 aliphatic heterocycles. The van der Waals surface area contributed by atoms with E-state index in [0.29, 0.717) is 18.7 Å². The normalized spacial score (nSPS) is 21.9. The average molecular weight is 321 g/mol. The van der Waals surface area contributed by atoms with Crippen molar-refractivity contribution in [2.75, 3.05) is 13.1 Å². The van der Waals surface area contributed by atoms with Gasteiger partial charge in [-0.1, -0.05) is 18.2 Å². The fourth-order valence-corrected chi connectivity index (χ4v) is 2.61. The predicted molar refractivity (Wildman–Crippen MR) is 84.3 cm³/mol. The zero-order valence-electron chi connectivity index (χ0n) is 13.7. The zero-order chi connectivity index (χ0) is 17.0. The van der Waals surface area contributed by atoms with Gasteiger partial charge in [-0.2, -0.15) is 0 Å². The molecule has 0 bridgehead atoms. The number of aliphatic carboxylic acids is 1. The van der Waals surface area contributed by atoms with Crippen LogP contribution in [0.5, 0.6) is 5.75 Å². The molecule has 1 aromatic carbocycles. The van der Waals surface area contributed by atoms with Crippen molar-refractivity contribution in [2.24, 2.45) is 0 Å². The lowest BCUT2D eigenvalue weighted by Gasteiger charge is -2.24. The minimum atomic E-state index is -0.951. The van der Waals surface area contributed by atoms with E-state index in [1.165, 1.54) is 0 Å². The number of carbonyl (C=O) groups is 2. The molecular formula is C17H23NO5. The van der Waals surface area contributed by atoms with Gasteiger partial charge < -0.3 is 14.6 Å². The van der Waals surface area contributed by atoms with Gasteiger partial charge in [0.25, 0.3) is 0 Å². The third kappa shape index (κ3) is 5.25. The number of carbonyl (C=O) groups excluding carboxylic acids is 1. The van der Waals surface area contributed by atoms with Gasteiger partial charge >= 0.3 is 11.9 Å². The zero-order valence-corrected chi connectivity index (χ0v) is 13.7. The maximum Gasteiger partial charge on any atom is 0.321 e. The maximum absolute atomic E-state index is 12.0. The Labute approximate surface area is 136 Å². The molecule has 23 heavy (non-hydrogen) atoms. The summed E-state index contributed by atoms with van der Waals surface area (Å²) in [7, 11) is 0. The van der Waals surface area contributed by atoms with Crippen LogP contribution >= 0.6 is 0 Å². The van der Waals surface area contributed by atoms with E-state index in [1.54, 1.807) is 25.7 Å². The van der Waals surface area contributed by atoms with Gasteiger partial charge in [0, 0.05) is 13.0 Å². The number of esters is 1. The molecule has 0 aromatic heterocycles. The summed E-state index contributed by atoms with van der Waals surface area (Å²) >= 11 is 0. The number of para-hydroxylation sites is 1. The minimum absolute atomic E-state index is 0.0527. The fraction of sp³-hybridized carbons (Fsp3) is 0.529. The van der Waals surface area contributed by atoms with Crippen LogP contribution in [-0.4, -0.2) is 52.8 Å². The molecular weight excluding hydrogens is 298 g/mol. The number of hydrogen-bond acceptors (Lipinski definition) is 5. The van der Waals surface area contributed by atoms with Crippen LogP contribution in [0.3, 0.4) is 0 Å². The topological polar surface area (TPSA) is 76.1 Å². The largest absolute Gasteiger partial charge is 0.489 e. The number of ether oxygens (including phenoxy) is 2. The molecule has 1 fully saturated rings. The lowest BCUT2D eigenvalue weighted by Crippen LogP contribution is -2.41. The SMILES string of the molecule is CC(C)(C)OC(=O)CN1C[C@@H](Oc2ccccc2)C[C@H]1C(=O)O. The van der Waals surface area contributed by atoms with E-state index in [2.05, 4.69) is 0 Å². The van der Waals surface area contributed by atoms with E-state index in [4.69, 9.17) is 9.47 Å². The smallest absolute Gasteiger partial charge is 0.321 e. The molecule has 0 spiro atoms. The van der Waals surface area contributed by atoms with Gasteiger partial charge in [-0.25, -0.2) is 0 Å². The quantitative estimate of drug-likeness (QED) is 0.835. The van der Waals surface area contributed by atoms with Crippen molar-refractivity contribution in [3.8, 4) is 5.75 Å². The molecule has 0 radical (unpaired) electrons. The highest BCUT2D eigenvalue weighted by molar-refractivity contribution is 5.77. The standard InChI is InChI=1S/C17H23NO5/c1-17(2,3)23-15(19)11-18-10-13(9-14(18)16(20)21)22-12-7-5-4-6-8-12/h4-8,13-14H,9-11H2,1-3H3,(H,20,21)/t13-,14-/m0/s1. The molecule has 0 aliphatic carbocycles. The highest BCUT2D eigenvalue weighted by Crippen LogP contribution is 2.23. The molecule has 1 N–H and O–H groups in total. The van der Waals surface area contributed by atoms with E-state index in [0.717, 1.165) is 0 Å². The van der Waals surface area contributed by atoms with Crippen molar-refractivity contribution in [1.29, 1.82) is 0 Å². The maximum atomic E-state index is 12.0. The molecule has 1 saturated heterocycles. The Morgan fingerprint density at radius 3 is 2.48 bits per heavy atom. The van der Waals surface area contributed by atoms with Crippen LogP contribution in [0.25, 0.3) is 0 Å². The first-order chi connectivity index (χ1) is 10.7. The Kier molecular flexibility index (Phi) is 5.26. The fourth-order valence-electron chi connectivity index (χ4n) is 2.61. The first-order valence-corrected chi connectivity index (χ1v) is 7.65.